The van der Waals surface area contributed by atoms with Gasteiger partial charge in [-0.25, -0.2) is 14.8 Å². The molecule has 158 valence electrons. The van der Waals surface area contributed by atoms with Crippen LogP contribution in [0.3, 0.4) is 0 Å². The molecule has 0 saturated heterocycles. The van der Waals surface area contributed by atoms with Gasteiger partial charge in [0.25, 0.3) is 0 Å². The highest BCUT2D eigenvalue weighted by molar-refractivity contribution is 5.77. The summed E-state index contributed by atoms with van der Waals surface area (Å²) in [5, 5.41) is 9.33. The number of unbranched alkanes of at least 4 members (excludes halogenated alkanes) is 6. The topological polar surface area (TPSA) is 72.3 Å². The first-order chi connectivity index (χ1) is 14.0. The Labute approximate surface area is 174 Å². The maximum absolute atomic E-state index is 11.4. The molecule has 1 N–H and O–H groups in total. The van der Waals surface area contributed by atoms with Crippen LogP contribution < -0.4 is 4.74 Å². The number of carboxylic acids is 1. The van der Waals surface area contributed by atoms with Gasteiger partial charge in [-0.2, -0.15) is 0 Å². The summed E-state index contributed by atoms with van der Waals surface area (Å²) >= 11 is 0. The van der Waals surface area contributed by atoms with Gasteiger partial charge in [-0.1, -0.05) is 52.4 Å². The van der Waals surface area contributed by atoms with Crippen LogP contribution in [0.15, 0.2) is 36.7 Å². The first kappa shape index (κ1) is 22.9. The number of hydrogen-bond donors (Lipinski definition) is 1. The van der Waals surface area contributed by atoms with Crippen LogP contribution in [0, 0.1) is 0 Å². The second-order valence-corrected chi connectivity index (χ2v) is 7.80. The molecule has 0 spiro atoms. The van der Waals surface area contributed by atoms with Crippen LogP contribution in [0.5, 0.6) is 5.75 Å². The molecular weight excluding hydrogens is 364 g/mol. The zero-order chi connectivity index (χ0) is 21.1. The van der Waals surface area contributed by atoms with Gasteiger partial charge in [0.05, 0.1) is 0 Å². The predicted molar refractivity (Wildman–Crippen MR) is 116 cm³/mol. The van der Waals surface area contributed by atoms with Gasteiger partial charge in [0.2, 0.25) is 5.60 Å². The number of aliphatic carboxylic acids is 1. The lowest BCUT2D eigenvalue weighted by atomic mass is 10.0. The standard InChI is InChI=1S/C24H34N2O3/c1-4-6-7-8-9-10-11-12-19-17-25-22(26-18-19)20-13-15-21(16-14-20)29-24(3,5-2)23(27)28/h13-18H,4-12H2,1-3H3,(H,27,28). The summed E-state index contributed by atoms with van der Waals surface area (Å²) in [7, 11) is 0. The van der Waals surface area contributed by atoms with E-state index in [4.69, 9.17) is 4.74 Å². The molecule has 1 atom stereocenters. The summed E-state index contributed by atoms with van der Waals surface area (Å²) in [6, 6.07) is 7.25. The molecule has 2 aromatic rings. The van der Waals surface area contributed by atoms with E-state index in [0.29, 0.717) is 18.0 Å². The highest BCUT2D eigenvalue weighted by Crippen LogP contribution is 2.24. The van der Waals surface area contributed by atoms with Crippen molar-refractivity contribution >= 4 is 5.97 Å². The Morgan fingerprint density at radius 2 is 1.55 bits per heavy atom. The highest BCUT2D eigenvalue weighted by Gasteiger charge is 2.33. The highest BCUT2D eigenvalue weighted by atomic mass is 16.5. The Bertz CT molecular complexity index is 744. The molecule has 0 saturated carbocycles. The van der Waals surface area contributed by atoms with E-state index in [0.717, 1.165) is 12.0 Å². The number of benzene rings is 1. The second-order valence-electron chi connectivity index (χ2n) is 7.80. The third-order valence-corrected chi connectivity index (χ3v) is 5.36. The Kier molecular flexibility index (Phi) is 9.10. The lowest BCUT2D eigenvalue weighted by Gasteiger charge is -2.24. The molecule has 1 aromatic carbocycles. The molecule has 0 aliphatic rings. The van der Waals surface area contributed by atoms with Crippen molar-refractivity contribution in [1.29, 1.82) is 0 Å². The summed E-state index contributed by atoms with van der Waals surface area (Å²) in [5.41, 5.74) is 0.825. The molecular formula is C24H34N2O3. The van der Waals surface area contributed by atoms with Gasteiger partial charge in [-0.3, -0.25) is 0 Å². The number of ether oxygens (including phenoxy) is 1. The maximum atomic E-state index is 11.4. The Morgan fingerprint density at radius 3 is 2.10 bits per heavy atom. The van der Waals surface area contributed by atoms with Crippen LogP contribution in [0.2, 0.25) is 0 Å². The van der Waals surface area contributed by atoms with Crippen molar-refractivity contribution in [2.24, 2.45) is 0 Å². The normalized spacial score (nSPS) is 13.1. The van der Waals surface area contributed by atoms with E-state index >= 15 is 0 Å². The van der Waals surface area contributed by atoms with Gasteiger partial charge in [-0.15, -0.1) is 0 Å². The van der Waals surface area contributed by atoms with Gasteiger partial charge < -0.3 is 9.84 Å². The molecule has 29 heavy (non-hydrogen) atoms. The fourth-order valence-electron chi connectivity index (χ4n) is 3.12. The van der Waals surface area contributed by atoms with Crippen molar-refractivity contribution in [3.8, 4) is 17.1 Å². The van der Waals surface area contributed by atoms with E-state index in [2.05, 4.69) is 16.9 Å². The molecule has 1 aromatic heterocycles. The summed E-state index contributed by atoms with van der Waals surface area (Å²) in [6.45, 7) is 5.62. The first-order valence-corrected chi connectivity index (χ1v) is 10.8. The molecule has 0 fully saturated rings. The fourth-order valence-corrected chi connectivity index (χ4v) is 3.12. The molecule has 0 aliphatic carbocycles. The molecule has 2 rings (SSSR count). The third kappa shape index (κ3) is 7.15. The minimum absolute atomic E-state index is 0.382. The smallest absolute Gasteiger partial charge is 0.347 e. The number of aromatic nitrogens is 2. The average molecular weight is 399 g/mol. The number of aryl methyl sites for hydroxylation is 1. The van der Waals surface area contributed by atoms with E-state index in [-0.39, 0.29) is 0 Å². The SMILES string of the molecule is CCCCCCCCCc1cnc(-c2ccc(OC(C)(CC)C(=O)O)cc2)nc1. The van der Waals surface area contributed by atoms with Gasteiger partial charge in [0, 0.05) is 18.0 Å². The number of nitrogens with zero attached hydrogens (tertiary/aromatic N) is 2. The van der Waals surface area contributed by atoms with Gasteiger partial charge in [-0.05, 0) is 56.0 Å². The van der Waals surface area contributed by atoms with Crippen LogP contribution in [0.4, 0.5) is 0 Å². The van der Waals surface area contributed by atoms with Crippen molar-refractivity contribution in [1.82, 2.24) is 9.97 Å². The third-order valence-electron chi connectivity index (χ3n) is 5.36. The van der Waals surface area contributed by atoms with Crippen LogP contribution in [-0.4, -0.2) is 26.6 Å². The van der Waals surface area contributed by atoms with E-state index in [9.17, 15) is 9.90 Å². The van der Waals surface area contributed by atoms with Crippen LogP contribution in [0.1, 0.15) is 77.7 Å². The van der Waals surface area contributed by atoms with Gasteiger partial charge in [0.15, 0.2) is 5.82 Å². The second kappa shape index (κ2) is 11.5. The molecule has 1 unspecified atom stereocenters. The van der Waals surface area contributed by atoms with E-state index in [1.807, 2.05) is 24.5 Å². The quantitative estimate of drug-likeness (QED) is 0.415. The monoisotopic (exact) mass is 398 g/mol. The minimum Gasteiger partial charge on any atom is -0.478 e. The van der Waals surface area contributed by atoms with Crippen LogP contribution >= 0.6 is 0 Å². The Morgan fingerprint density at radius 1 is 0.966 bits per heavy atom. The number of carbonyl (C=O) groups is 1. The summed E-state index contributed by atoms with van der Waals surface area (Å²) < 4.78 is 5.67. The van der Waals surface area contributed by atoms with Crippen molar-refractivity contribution in [3.63, 3.8) is 0 Å². The largest absolute Gasteiger partial charge is 0.478 e. The molecule has 1 heterocycles. The number of rotatable bonds is 13. The van der Waals surface area contributed by atoms with Crippen LogP contribution in [-0.2, 0) is 11.2 Å². The molecule has 0 bridgehead atoms. The average Bonchev–Trinajstić information content (AvgIpc) is 2.74. The first-order valence-electron chi connectivity index (χ1n) is 10.8. The fraction of sp³-hybridized carbons (Fsp3) is 0.542. The predicted octanol–water partition coefficient (Wildman–Crippen LogP) is 6.07. The van der Waals surface area contributed by atoms with E-state index in [1.165, 1.54) is 50.5 Å². The summed E-state index contributed by atoms with van der Waals surface area (Å²) in [6.07, 6.45) is 14.3. The lowest BCUT2D eigenvalue weighted by molar-refractivity contribution is -0.154. The molecule has 0 radical (unpaired) electrons. The number of hydrogen-bond acceptors (Lipinski definition) is 4. The van der Waals surface area contributed by atoms with E-state index < -0.39 is 11.6 Å². The zero-order valence-corrected chi connectivity index (χ0v) is 18.0. The Balaban J connectivity index is 1.86. The maximum Gasteiger partial charge on any atom is 0.347 e. The van der Waals surface area contributed by atoms with Crippen molar-refractivity contribution in [2.75, 3.05) is 0 Å². The minimum atomic E-state index is -1.23. The summed E-state index contributed by atoms with van der Waals surface area (Å²) in [5.74, 6) is 0.219. The molecule has 5 nitrogen and oxygen atoms in total. The Hall–Kier alpha value is -2.43. The van der Waals surface area contributed by atoms with Gasteiger partial charge >= 0.3 is 5.97 Å². The van der Waals surface area contributed by atoms with Crippen molar-refractivity contribution < 1.29 is 14.6 Å². The molecule has 5 heteroatoms. The van der Waals surface area contributed by atoms with Gasteiger partial charge in [0.1, 0.15) is 5.75 Å². The zero-order valence-electron chi connectivity index (χ0n) is 18.0. The van der Waals surface area contributed by atoms with Crippen molar-refractivity contribution in [3.05, 3.63) is 42.2 Å². The molecule has 0 aliphatic heterocycles. The van der Waals surface area contributed by atoms with E-state index in [1.54, 1.807) is 26.0 Å². The van der Waals surface area contributed by atoms with Crippen LogP contribution in [0.25, 0.3) is 11.4 Å². The van der Waals surface area contributed by atoms with Crippen molar-refractivity contribution in [2.45, 2.75) is 84.2 Å². The molecule has 0 amide bonds. The number of carboxylic acid groups (broad SMARTS) is 1. The summed E-state index contributed by atoms with van der Waals surface area (Å²) in [4.78, 5) is 20.4. The lowest BCUT2D eigenvalue weighted by Crippen LogP contribution is -2.40.